The third kappa shape index (κ3) is 4.92. The second-order valence-corrected chi connectivity index (χ2v) is 14.5. The quantitative estimate of drug-likeness (QED) is 0.267. The molecule has 2 aromatic carbocycles. The van der Waals surface area contributed by atoms with Crippen molar-refractivity contribution >= 4 is 27.5 Å². The lowest BCUT2D eigenvalue weighted by Crippen LogP contribution is -2.65. The van der Waals surface area contributed by atoms with Crippen molar-refractivity contribution in [3.8, 4) is 35.4 Å². The molecule has 9 rings (SSSR count). The minimum atomic E-state index is -0.928. The summed E-state index contributed by atoms with van der Waals surface area (Å²) in [5, 5.41) is 15.5. The first kappa shape index (κ1) is 30.8. The molecule has 5 fully saturated rings. The fourth-order valence-electron chi connectivity index (χ4n) is 9.36. The van der Waals surface area contributed by atoms with E-state index in [1.54, 1.807) is 0 Å². The number of aromatic hydroxyl groups is 1. The van der Waals surface area contributed by atoms with Crippen LogP contribution in [0.5, 0.6) is 11.8 Å². The van der Waals surface area contributed by atoms with E-state index in [9.17, 15) is 13.9 Å². The predicted octanol–water partition coefficient (Wildman–Crippen LogP) is 5.26. The van der Waals surface area contributed by atoms with Crippen LogP contribution in [0, 0.1) is 24.0 Å². The van der Waals surface area contributed by atoms with Gasteiger partial charge < -0.3 is 24.8 Å². The molecule has 5 saturated heterocycles. The molecule has 0 unspecified atom stereocenters. The Balaban J connectivity index is 1.19. The summed E-state index contributed by atoms with van der Waals surface area (Å²) in [4.78, 5) is 18.4. The summed E-state index contributed by atoms with van der Waals surface area (Å²) in [6.07, 6.45) is 12.4. The van der Waals surface area contributed by atoms with Gasteiger partial charge in [0.05, 0.1) is 28.1 Å². The smallest absolute Gasteiger partial charge is 0.319 e. The predicted molar refractivity (Wildman–Crippen MR) is 178 cm³/mol. The summed E-state index contributed by atoms with van der Waals surface area (Å²) in [6.45, 7) is 3.35. The summed E-state index contributed by atoms with van der Waals surface area (Å²) >= 11 is 0. The average Bonchev–Trinajstić information content (AvgIpc) is 3.88. The number of phenols is 1. The first-order chi connectivity index (χ1) is 23.8. The van der Waals surface area contributed by atoms with Crippen LogP contribution in [0.15, 0.2) is 30.5 Å². The Morgan fingerprint density at radius 1 is 1.14 bits per heavy atom. The molecule has 0 radical (unpaired) electrons. The molecular formula is C37H37F3N6O3. The highest BCUT2D eigenvalue weighted by atomic mass is 19.1. The van der Waals surface area contributed by atoms with Gasteiger partial charge in [-0.05, 0) is 68.7 Å². The highest BCUT2D eigenvalue weighted by molar-refractivity contribution is 6.03. The number of hydrogen-bond donors (Lipinski definition) is 2. The number of ether oxygens (including phenoxy) is 2. The molecule has 49 heavy (non-hydrogen) atoms. The Hall–Kier alpha value is -4.18. The molecule has 2 N–H and O–H groups in total. The number of piperazine rings is 1. The third-order valence-corrected chi connectivity index (χ3v) is 11.5. The van der Waals surface area contributed by atoms with Gasteiger partial charge in [-0.15, -0.1) is 6.42 Å². The zero-order chi connectivity index (χ0) is 33.5. The summed E-state index contributed by atoms with van der Waals surface area (Å²) in [5.41, 5.74) is -0.786. The van der Waals surface area contributed by atoms with Crippen molar-refractivity contribution in [3.63, 3.8) is 0 Å². The Morgan fingerprint density at radius 2 is 2.04 bits per heavy atom. The fraction of sp³-hybridized carbons (Fsp3) is 0.486. The van der Waals surface area contributed by atoms with Gasteiger partial charge in [0.15, 0.2) is 5.82 Å². The summed E-state index contributed by atoms with van der Waals surface area (Å²) < 4.78 is 59.0. The van der Waals surface area contributed by atoms with Gasteiger partial charge in [0, 0.05) is 55.9 Å². The van der Waals surface area contributed by atoms with E-state index < -0.39 is 23.3 Å². The Bertz CT molecular complexity index is 2040. The number of fused-ring (bicyclic) bond motifs is 5. The normalized spacial score (nSPS) is 29.6. The van der Waals surface area contributed by atoms with Crippen molar-refractivity contribution < 1.29 is 27.8 Å². The second kappa shape index (κ2) is 11.4. The number of alkyl halides is 1. The number of terminal acetylenes is 1. The minimum absolute atomic E-state index is 0.00439. The summed E-state index contributed by atoms with van der Waals surface area (Å²) in [7, 11) is 0. The molecule has 2 aromatic heterocycles. The van der Waals surface area contributed by atoms with Crippen LogP contribution in [0.4, 0.5) is 19.0 Å². The molecule has 0 amide bonds. The molecule has 4 aromatic rings. The number of hydrogen-bond acceptors (Lipinski definition) is 9. The van der Waals surface area contributed by atoms with Crippen molar-refractivity contribution in [3.05, 3.63) is 47.7 Å². The van der Waals surface area contributed by atoms with E-state index in [2.05, 4.69) is 31.0 Å². The lowest BCUT2D eigenvalue weighted by Gasteiger charge is -2.45. The highest BCUT2D eigenvalue weighted by Crippen LogP contribution is 2.44. The van der Waals surface area contributed by atoms with Crippen LogP contribution in [0.1, 0.15) is 50.5 Å². The molecular weight excluding hydrogens is 633 g/mol. The van der Waals surface area contributed by atoms with Gasteiger partial charge in [0.2, 0.25) is 0 Å². The van der Waals surface area contributed by atoms with Crippen LogP contribution in [0.25, 0.3) is 32.9 Å². The number of nitrogens with one attached hydrogen (secondary N) is 1. The Kier molecular flexibility index (Phi) is 7.20. The van der Waals surface area contributed by atoms with E-state index in [4.69, 9.17) is 20.9 Å². The lowest BCUT2D eigenvalue weighted by atomic mass is 9.88. The first-order valence-corrected chi connectivity index (χ1v) is 17.2. The van der Waals surface area contributed by atoms with Crippen LogP contribution < -0.4 is 15.0 Å². The molecule has 254 valence electrons. The van der Waals surface area contributed by atoms with E-state index in [0.717, 1.165) is 51.7 Å². The summed E-state index contributed by atoms with van der Waals surface area (Å²) in [5.74, 6) is 1.32. The SMILES string of the molecule is C#Cc1c(F)ccc2cc(O)cc(-c3ncc4c(N5C[C@H]6CC[C@@]([C@H]7CCCO7)(C5)N6)nc(OC[C@@]56CCCN5C[C@H](F)C6)nc4c3F)c12. The van der Waals surface area contributed by atoms with Gasteiger partial charge in [-0.1, -0.05) is 12.0 Å². The number of phenolic OH excluding ortho intramolecular Hbond substituents is 1. The molecule has 12 heteroatoms. The molecule has 5 atom stereocenters. The van der Waals surface area contributed by atoms with Crippen molar-refractivity contribution in [2.75, 3.05) is 44.3 Å². The minimum Gasteiger partial charge on any atom is -0.508 e. The van der Waals surface area contributed by atoms with E-state index in [-0.39, 0.29) is 63.8 Å². The topological polar surface area (TPSA) is 95.9 Å². The van der Waals surface area contributed by atoms with Crippen LogP contribution in [-0.4, -0.2) is 93.7 Å². The van der Waals surface area contributed by atoms with Crippen molar-refractivity contribution in [1.29, 1.82) is 0 Å². The maximum absolute atomic E-state index is 17.0. The van der Waals surface area contributed by atoms with Crippen molar-refractivity contribution in [1.82, 2.24) is 25.2 Å². The second-order valence-electron chi connectivity index (χ2n) is 14.5. The third-order valence-electron chi connectivity index (χ3n) is 11.5. The van der Waals surface area contributed by atoms with Crippen molar-refractivity contribution in [2.24, 2.45) is 0 Å². The van der Waals surface area contributed by atoms with Crippen LogP contribution in [0.3, 0.4) is 0 Å². The van der Waals surface area contributed by atoms with Crippen molar-refractivity contribution in [2.45, 2.75) is 74.3 Å². The number of benzene rings is 2. The van der Waals surface area contributed by atoms with E-state index in [1.165, 1.54) is 30.5 Å². The van der Waals surface area contributed by atoms with E-state index in [1.807, 2.05) is 0 Å². The number of rotatable bonds is 6. The highest BCUT2D eigenvalue weighted by Gasteiger charge is 2.52. The zero-order valence-corrected chi connectivity index (χ0v) is 27.0. The maximum atomic E-state index is 17.0. The van der Waals surface area contributed by atoms with Gasteiger partial charge in [-0.3, -0.25) is 9.88 Å². The number of aromatic nitrogens is 3. The molecule has 0 spiro atoms. The van der Waals surface area contributed by atoms with Gasteiger partial charge in [-0.25, -0.2) is 13.2 Å². The van der Waals surface area contributed by atoms with Gasteiger partial charge in [0.25, 0.3) is 0 Å². The molecule has 5 aliphatic rings. The number of anilines is 1. The first-order valence-electron chi connectivity index (χ1n) is 17.2. The van der Waals surface area contributed by atoms with Crippen LogP contribution in [-0.2, 0) is 4.74 Å². The Labute approximate surface area is 281 Å². The standard InChI is InChI=1S/C37H37F3N6O3/c1-2-25-28(39)7-6-21-13-24(47)14-26(30(21)25)32-31(40)33-27(16-41-32)34(45-18-23-8-10-37(19-45,44-23)29-5-3-12-48-29)43-35(42-33)49-20-36-9-4-11-46(36)17-22(38)15-36/h1,6-7,13-14,16,22-23,29,44,47H,3-5,8-12,15,17-20H2/t22-,23-,29-,36+,37+/m1/s1. The van der Waals surface area contributed by atoms with Crippen LogP contribution >= 0.6 is 0 Å². The summed E-state index contributed by atoms with van der Waals surface area (Å²) in [6, 6.07) is 5.68. The van der Waals surface area contributed by atoms with E-state index in [0.29, 0.717) is 42.6 Å². The molecule has 2 bridgehead atoms. The molecule has 0 saturated carbocycles. The lowest BCUT2D eigenvalue weighted by molar-refractivity contribution is 0.0326. The largest absolute Gasteiger partial charge is 0.508 e. The number of nitrogens with zero attached hydrogens (tertiary/aromatic N) is 5. The monoisotopic (exact) mass is 670 g/mol. The van der Waals surface area contributed by atoms with E-state index >= 15 is 4.39 Å². The molecule has 9 nitrogen and oxygen atoms in total. The zero-order valence-electron chi connectivity index (χ0n) is 27.0. The average molecular weight is 671 g/mol. The molecule has 7 heterocycles. The van der Waals surface area contributed by atoms with Gasteiger partial charge in [-0.2, -0.15) is 9.97 Å². The Morgan fingerprint density at radius 3 is 2.88 bits per heavy atom. The van der Waals surface area contributed by atoms with Gasteiger partial charge >= 0.3 is 6.01 Å². The van der Waals surface area contributed by atoms with Gasteiger partial charge in [0.1, 0.15) is 41.4 Å². The molecule has 5 aliphatic heterocycles. The number of pyridine rings is 1. The maximum Gasteiger partial charge on any atom is 0.319 e. The number of halogens is 3. The van der Waals surface area contributed by atoms with Crippen LogP contribution in [0.2, 0.25) is 0 Å². The molecule has 0 aliphatic carbocycles. The fourth-order valence-corrected chi connectivity index (χ4v) is 9.36.